The molecule has 0 unspecified atom stereocenters. The zero-order valence-electron chi connectivity index (χ0n) is 15.0. The van der Waals surface area contributed by atoms with Crippen LogP contribution < -0.4 is 16.4 Å². The highest BCUT2D eigenvalue weighted by atomic mass is 15.0. The van der Waals surface area contributed by atoms with Crippen LogP contribution in [0.3, 0.4) is 0 Å². The van der Waals surface area contributed by atoms with E-state index in [9.17, 15) is 0 Å². The van der Waals surface area contributed by atoms with Gasteiger partial charge in [0.2, 0.25) is 6.71 Å². The van der Waals surface area contributed by atoms with E-state index in [1.165, 1.54) is 60.6 Å². The second-order valence-corrected chi connectivity index (χ2v) is 7.81. The van der Waals surface area contributed by atoms with Crippen LogP contribution in [-0.2, 0) is 0 Å². The summed E-state index contributed by atoms with van der Waals surface area (Å²) < 4.78 is 2.50. The van der Waals surface area contributed by atoms with E-state index in [0.29, 0.717) is 6.71 Å². The molecule has 7 rings (SSSR count). The van der Waals surface area contributed by atoms with Crippen LogP contribution in [0, 0.1) is 6.92 Å². The fourth-order valence-corrected chi connectivity index (χ4v) is 5.58. The van der Waals surface area contributed by atoms with Crippen molar-refractivity contribution in [3.05, 3.63) is 84.4 Å². The summed E-state index contributed by atoms with van der Waals surface area (Å²) in [5.41, 5.74) is 12.6. The number of aryl methyl sites for hydroxylation is 1. The lowest BCUT2D eigenvalue weighted by Crippen LogP contribution is -2.53. The first kappa shape index (κ1) is 13.9. The molecule has 0 saturated carbocycles. The van der Waals surface area contributed by atoms with Crippen molar-refractivity contribution in [3.8, 4) is 16.8 Å². The molecule has 2 heteroatoms. The number of para-hydroxylation sites is 2. The molecule has 0 amide bonds. The molecule has 2 aliphatic heterocycles. The van der Waals surface area contributed by atoms with Crippen LogP contribution in [0.4, 0.5) is 0 Å². The largest absolute Gasteiger partial charge is 0.310 e. The van der Waals surface area contributed by atoms with Gasteiger partial charge in [0, 0.05) is 22.0 Å². The summed E-state index contributed by atoms with van der Waals surface area (Å²) in [6.07, 6.45) is 0. The monoisotopic (exact) mass is 341 g/mol. The Morgan fingerprint density at radius 2 is 1.48 bits per heavy atom. The summed E-state index contributed by atoms with van der Waals surface area (Å²) in [6, 6.07) is 29.3. The van der Waals surface area contributed by atoms with Gasteiger partial charge >= 0.3 is 0 Å². The average molecular weight is 341 g/mol. The average Bonchev–Trinajstić information content (AvgIpc) is 3.22. The van der Waals surface area contributed by atoms with Gasteiger partial charge in [-0.3, -0.25) is 0 Å². The highest BCUT2D eigenvalue weighted by Gasteiger charge is 2.40. The number of benzene rings is 4. The lowest BCUT2D eigenvalue weighted by Gasteiger charge is -2.24. The number of nitrogens with zero attached hydrogens (tertiary/aromatic N) is 1. The topological polar surface area (TPSA) is 4.93 Å². The van der Waals surface area contributed by atoms with Crippen LogP contribution in [0.5, 0.6) is 0 Å². The molecule has 3 heterocycles. The normalized spacial score (nSPS) is 13.3. The first-order valence-electron chi connectivity index (χ1n) is 9.60. The van der Waals surface area contributed by atoms with E-state index in [-0.39, 0.29) is 0 Å². The second-order valence-electron chi connectivity index (χ2n) is 7.81. The zero-order chi connectivity index (χ0) is 17.7. The zero-order valence-corrected chi connectivity index (χ0v) is 15.0. The smallest absolute Gasteiger partial charge is 0.248 e. The van der Waals surface area contributed by atoms with Crippen molar-refractivity contribution in [1.29, 1.82) is 0 Å². The molecule has 0 radical (unpaired) electrons. The first-order chi connectivity index (χ1) is 13.3. The number of hydrogen-bond acceptors (Lipinski definition) is 0. The van der Waals surface area contributed by atoms with Crippen LogP contribution >= 0.6 is 0 Å². The third-order valence-corrected chi connectivity index (χ3v) is 6.54. The van der Waals surface area contributed by atoms with Crippen LogP contribution in [-0.4, -0.2) is 11.3 Å². The molecule has 0 aliphatic carbocycles. The maximum absolute atomic E-state index is 2.50. The first-order valence-corrected chi connectivity index (χ1v) is 9.60. The molecule has 0 saturated heterocycles. The molecule has 4 aromatic carbocycles. The molecule has 2 aliphatic rings. The molecule has 0 bridgehead atoms. The van der Waals surface area contributed by atoms with E-state index in [0.717, 1.165) is 0 Å². The van der Waals surface area contributed by atoms with Crippen LogP contribution in [0.2, 0.25) is 0 Å². The molecule has 0 atom stereocenters. The number of fused-ring (bicyclic) bond motifs is 8. The molecule has 27 heavy (non-hydrogen) atoms. The standard InChI is InChI=1S/C25H16BN/c1-15-7-4-11-19-23(15)18-10-6-14-22-24(18)26(19)20-12-5-9-17-16-8-2-3-13-21(16)27(22)25(17)20/h2-14H,1H3. The minimum Gasteiger partial charge on any atom is -0.310 e. The van der Waals surface area contributed by atoms with E-state index < -0.39 is 0 Å². The van der Waals surface area contributed by atoms with Crippen molar-refractivity contribution in [1.82, 2.24) is 4.57 Å². The SMILES string of the molecule is Cc1cccc2c1-c1cccc3c1B2c1cccc2c4ccccc4n-3c12. The van der Waals surface area contributed by atoms with Crippen molar-refractivity contribution in [2.24, 2.45) is 0 Å². The Morgan fingerprint density at radius 3 is 2.44 bits per heavy atom. The number of aromatic nitrogens is 1. The van der Waals surface area contributed by atoms with Crippen molar-refractivity contribution < 1.29 is 0 Å². The van der Waals surface area contributed by atoms with E-state index in [1.807, 2.05) is 0 Å². The van der Waals surface area contributed by atoms with E-state index in [1.54, 1.807) is 0 Å². The molecule has 1 aromatic heterocycles. The third-order valence-electron chi connectivity index (χ3n) is 6.54. The summed E-state index contributed by atoms with van der Waals surface area (Å²) in [5.74, 6) is 0. The maximum Gasteiger partial charge on any atom is 0.248 e. The molecule has 5 aromatic rings. The Balaban J connectivity index is 1.78. The summed E-state index contributed by atoms with van der Waals surface area (Å²) >= 11 is 0. The van der Waals surface area contributed by atoms with Gasteiger partial charge in [-0.1, -0.05) is 72.2 Å². The lowest BCUT2D eigenvalue weighted by molar-refractivity contribution is 1.19. The van der Waals surface area contributed by atoms with Gasteiger partial charge in [-0.2, -0.15) is 0 Å². The van der Waals surface area contributed by atoms with Crippen LogP contribution in [0.1, 0.15) is 5.56 Å². The van der Waals surface area contributed by atoms with Gasteiger partial charge in [-0.15, -0.1) is 0 Å². The predicted octanol–water partition coefficient (Wildman–Crippen LogP) is 3.90. The summed E-state index contributed by atoms with van der Waals surface area (Å²) in [6.45, 7) is 2.58. The van der Waals surface area contributed by atoms with Gasteiger partial charge in [-0.05, 0) is 46.7 Å². The van der Waals surface area contributed by atoms with Gasteiger partial charge in [0.25, 0.3) is 0 Å². The quantitative estimate of drug-likeness (QED) is 0.369. The Kier molecular flexibility index (Phi) is 2.33. The number of rotatable bonds is 0. The fraction of sp³-hybridized carbons (Fsp3) is 0.0400. The van der Waals surface area contributed by atoms with E-state index >= 15 is 0 Å². The van der Waals surface area contributed by atoms with Gasteiger partial charge in [0.05, 0.1) is 5.52 Å². The Bertz CT molecular complexity index is 1440. The summed E-state index contributed by atoms with van der Waals surface area (Å²) in [5, 5.41) is 2.71. The highest BCUT2D eigenvalue weighted by molar-refractivity contribution is 7.01. The van der Waals surface area contributed by atoms with Crippen molar-refractivity contribution in [2.45, 2.75) is 6.92 Å². The Morgan fingerprint density at radius 1 is 0.704 bits per heavy atom. The van der Waals surface area contributed by atoms with Crippen molar-refractivity contribution in [3.63, 3.8) is 0 Å². The molecule has 124 valence electrons. The minimum absolute atomic E-state index is 0.339. The van der Waals surface area contributed by atoms with Crippen LogP contribution in [0.15, 0.2) is 78.9 Å². The van der Waals surface area contributed by atoms with Gasteiger partial charge < -0.3 is 4.57 Å². The van der Waals surface area contributed by atoms with Gasteiger partial charge in [0.15, 0.2) is 0 Å². The van der Waals surface area contributed by atoms with E-state index in [4.69, 9.17) is 0 Å². The fourth-order valence-electron chi connectivity index (χ4n) is 5.58. The Hall–Kier alpha value is -3.26. The van der Waals surface area contributed by atoms with E-state index in [2.05, 4.69) is 90.4 Å². The summed E-state index contributed by atoms with van der Waals surface area (Å²) in [4.78, 5) is 0. The van der Waals surface area contributed by atoms with Crippen LogP contribution in [0.25, 0.3) is 38.6 Å². The molecule has 0 N–H and O–H groups in total. The maximum atomic E-state index is 2.50. The molecule has 0 spiro atoms. The second kappa shape index (κ2) is 4.53. The number of hydrogen-bond donors (Lipinski definition) is 0. The van der Waals surface area contributed by atoms with Crippen molar-refractivity contribution >= 4 is 44.9 Å². The third kappa shape index (κ3) is 1.46. The molecular formula is C25H16BN. The van der Waals surface area contributed by atoms with Crippen molar-refractivity contribution in [2.75, 3.05) is 0 Å². The Labute approximate surface area is 158 Å². The predicted molar refractivity (Wildman–Crippen MR) is 116 cm³/mol. The molecular weight excluding hydrogens is 325 g/mol. The molecule has 0 fully saturated rings. The minimum atomic E-state index is 0.339. The summed E-state index contributed by atoms with van der Waals surface area (Å²) in [7, 11) is 0. The van der Waals surface area contributed by atoms with Gasteiger partial charge in [-0.25, -0.2) is 0 Å². The molecule has 1 nitrogen and oxygen atoms in total. The highest BCUT2D eigenvalue weighted by Crippen LogP contribution is 2.37. The lowest BCUT2D eigenvalue weighted by atomic mass is 9.37. The van der Waals surface area contributed by atoms with Gasteiger partial charge in [0.1, 0.15) is 0 Å².